The topological polar surface area (TPSA) is 115 Å². The first kappa shape index (κ1) is 28.6. The maximum atomic E-state index is 13.7. The van der Waals surface area contributed by atoms with Crippen LogP contribution in [0.15, 0.2) is 59.1 Å². The molecule has 0 spiro atoms. The molecule has 2 aromatic carbocycles. The third-order valence-corrected chi connectivity index (χ3v) is 9.98. The van der Waals surface area contributed by atoms with Gasteiger partial charge in [-0.25, -0.2) is 4.79 Å². The number of ether oxygens (including phenoxy) is 1. The van der Waals surface area contributed by atoms with Crippen molar-refractivity contribution in [1.82, 2.24) is 26.2 Å². The molecule has 42 heavy (non-hydrogen) atoms. The predicted octanol–water partition coefficient (Wildman–Crippen LogP) is 3.29. The van der Waals surface area contributed by atoms with Gasteiger partial charge in [-0.15, -0.1) is 0 Å². The monoisotopic (exact) mass is 590 g/mol. The first-order valence-electron chi connectivity index (χ1n) is 14.7. The fourth-order valence-electron chi connectivity index (χ4n) is 6.43. The molecule has 6 rings (SSSR count). The number of thioether (sulfide) groups is 1. The molecule has 3 fully saturated rings. The van der Waals surface area contributed by atoms with Gasteiger partial charge in [0.2, 0.25) is 5.91 Å². The van der Waals surface area contributed by atoms with Crippen LogP contribution in [-0.4, -0.2) is 72.9 Å². The SMILES string of the molecule is CN[C@H](C)C(=O)N1CCC[C@@H](NC(=O)C2=C3NC(=O)N(c4ccc(Oc5ccccc5)cc4C)C4CCNC(S2)C34)C1. The number of hydrogen-bond acceptors (Lipinski definition) is 7. The highest BCUT2D eigenvalue weighted by Gasteiger charge is 2.52. The average Bonchev–Trinajstić information content (AvgIpc) is 3.37. The molecule has 0 aromatic heterocycles. The van der Waals surface area contributed by atoms with Crippen molar-refractivity contribution in [2.45, 2.75) is 56.6 Å². The molecule has 4 heterocycles. The summed E-state index contributed by atoms with van der Waals surface area (Å²) in [6, 6.07) is 14.7. The van der Waals surface area contributed by atoms with Crippen LogP contribution in [0.1, 0.15) is 31.7 Å². The fraction of sp³-hybridized carbons (Fsp3) is 0.452. The van der Waals surface area contributed by atoms with Gasteiger partial charge < -0.3 is 30.9 Å². The van der Waals surface area contributed by atoms with Crippen LogP contribution in [0, 0.1) is 12.8 Å². The number of amides is 4. The minimum atomic E-state index is -0.266. The van der Waals surface area contributed by atoms with Gasteiger partial charge in [-0.2, -0.15) is 0 Å². The molecular weight excluding hydrogens is 552 g/mol. The summed E-state index contributed by atoms with van der Waals surface area (Å²) in [6.07, 6.45) is 2.42. The van der Waals surface area contributed by atoms with Gasteiger partial charge in [0.25, 0.3) is 5.91 Å². The van der Waals surface area contributed by atoms with E-state index >= 15 is 0 Å². The second-order valence-electron chi connectivity index (χ2n) is 11.4. The Labute approximate surface area is 250 Å². The predicted molar refractivity (Wildman–Crippen MR) is 163 cm³/mol. The van der Waals surface area contributed by atoms with Crippen LogP contribution in [0.2, 0.25) is 0 Å². The largest absolute Gasteiger partial charge is 0.457 e. The minimum absolute atomic E-state index is 0.00972. The van der Waals surface area contributed by atoms with Crippen LogP contribution in [-0.2, 0) is 9.59 Å². The Morgan fingerprint density at radius 2 is 1.93 bits per heavy atom. The molecule has 0 aliphatic carbocycles. The van der Waals surface area contributed by atoms with E-state index in [1.54, 1.807) is 7.05 Å². The second kappa shape index (κ2) is 12.0. The van der Waals surface area contributed by atoms with Crippen LogP contribution < -0.4 is 30.9 Å². The molecule has 0 bridgehead atoms. The first-order valence-corrected chi connectivity index (χ1v) is 15.6. The van der Waals surface area contributed by atoms with E-state index in [4.69, 9.17) is 4.74 Å². The average molecular weight is 591 g/mol. The molecule has 4 aliphatic heterocycles. The van der Waals surface area contributed by atoms with E-state index < -0.39 is 0 Å². The lowest BCUT2D eigenvalue weighted by molar-refractivity contribution is -0.134. The molecule has 0 saturated carbocycles. The molecule has 222 valence electrons. The van der Waals surface area contributed by atoms with Crippen molar-refractivity contribution in [3.63, 3.8) is 0 Å². The van der Waals surface area contributed by atoms with Crippen LogP contribution in [0.25, 0.3) is 0 Å². The molecule has 10 nitrogen and oxygen atoms in total. The van der Waals surface area contributed by atoms with E-state index in [1.165, 1.54) is 11.8 Å². The molecule has 4 aliphatic rings. The van der Waals surface area contributed by atoms with Crippen molar-refractivity contribution in [3.8, 4) is 11.5 Å². The van der Waals surface area contributed by atoms with Crippen molar-refractivity contribution in [3.05, 3.63) is 64.7 Å². The summed E-state index contributed by atoms with van der Waals surface area (Å²) in [5, 5.41) is 12.8. The summed E-state index contributed by atoms with van der Waals surface area (Å²) in [7, 11) is 1.77. The van der Waals surface area contributed by atoms with Gasteiger partial charge in [0.05, 0.1) is 22.4 Å². The van der Waals surface area contributed by atoms with Crippen molar-refractivity contribution in [2.24, 2.45) is 5.92 Å². The molecule has 3 unspecified atom stereocenters. The zero-order valence-electron chi connectivity index (χ0n) is 24.2. The summed E-state index contributed by atoms with van der Waals surface area (Å²) in [5.41, 5.74) is 2.48. The van der Waals surface area contributed by atoms with Crippen LogP contribution in [0.4, 0.5) is 10.5 Å². The molecule has 4 N–H and O–H groups in total. The number of aryl methyl sites for hydroxylation is 1. The Balaban J connectivity index is 1.19. The highest BCUT2D eigenvalue weighted by molar-refractivity contribution is 8.04. The number of benzene rings is 2. The summed E-state index contributed by atoms with van der Waals surface area (Å²) in [5.74, 6) is 1.29. The molecule has 5 atom stereocenters. The molecule has 11 heteroatoms. The summed E-state index contributed by atoms with van der Waals surface area (Å²) in [4.78, 5) is 44.2. The molecule has 2 aromatic rings. The third-order valence-electron chi connectivity index (χ3n) is 8.63. The van der Waals surface area contributed by atoms with Crippen LogP contribution in [0.5, 0.6) is 11.5 Å². The number of para-hydroxylation sites is 1. The van der Waals surface area contributed by atoms with Gasteiger partial charge in [-0.3, -0.25) is 14.5 Å². The van der Waals surface area contributed by atoms with Gasteiger partial charge in [0.1, 0.15) is 11.5 Å². The maximum Gasteiger partial charge on any atom is 0.326 e. The number of rotatable bonds is 7. The highest BCUT2D eigenvalue weighted by Crippen LogP contribution is 2.48. The van der Waals surface area contributed by atoms with Crippen molar-refractivity contribution >= 4 is 35.3 Å². The Morgan fingerprint density at radius 3 is 2.69 bits per heavy atom. The van der Waals surface area contributed by atoms with Crippen LogP contribution >= 0.6 is 11.8 Å². The van der Waals surface area contributed by atoms with Crippen molar-refractivity contribution < 1.29 is 19.1 Å². The lowest BCUT2D eigenvalue weighted by Crippen LogP contribution is -2.62. The summed E-state index contributed by atoms with van der Waals surface area (Å²) < 4.78 is 6.01. The fourth-order valence-corrected chi connectivity index (χ4v) is 7.83. The van der Waals surface area contributed by atoms with E-state index in [0.29, 0.717) is 29.4 Å². The Hall–Kier alpha value is -3.54. The van der Waals surface area contributed by atoms with E-state index in [0.717, 1.165) is 42.8 Å². The first-order chi connectivity index (χ1) is 20.3. The van der Waals surface area contributed by atoms with Crippen molar-refractivity contribution in [2.75, 3.05) is 31.6 Å². The number of carbonyl (C=O) groups excluding carboxylic acids is 3. The van der Waals surface area contributed by atoms with Gasteiger partial charge >= 0.3 is 6.03 Å². The molecule has 0 radical (unpaired) electrons. The summed E-state index contributed by atoms with van der Waals surface area (Å²) >= 11 is 1.50. The quantitative estimate of drug-likeness (QED) is 0.391. The van der Waals surface area contributed by atoms with Gasteiger partial charge in [0, 0.05) is 36.4 Å². The summed E-state index contributed by atoms with van der Waals surface area (Å²) in [6.45, 7) is 5.77. The highest BCUT2D eigenvalue weighted by atomic mass is 32.2. The number of hydrogen-bond donors (Lipinski definition) is 4. The number of likely N-dealkylation sites (tertiary alicyclic amines) is 1. The Morgan fingerprint density at radius 1 is 1.12 bits per heavy atom. The number of nitrogens with zero attached hydrogens (tertiary/aromatic N) is 2. The Kier molecular flexibility index (Phi) is 8.15. The van der Waals surface area contributed by atoms with Gasteiger partial charge in [-0.05, 0) is 82.6 Å². The number of nitrogens with one attached hydrogen (secondary N) is 4. The Bertz CT molecular complexity index is 1400. The molecular formula is C31H38N6O4S. The number of likely N-dealkylation sites (N-methyl/N-ethyl adjacent to an activating group) is 1. The normalized spacial score (nSPS) is 25.9. The van der Waals surface area contributed by atoms with Crippen LogP contribution in [0.3, 0.4) is 0 Å². The number of piperidine rings is 2. The van der Waals surface area contributed by atoms with E-state index in [9.17, 15) is 14.4 Å². The zero-order chi connectivity index (χ0) is 29.4. The zero-order valence-corrected chi connectivity index (χ0v) is 25.0. The minimum Gasteiger partial charge on any atom is -0.457 e. The third kappa shape index (κ3) is 5.48. The lowest BCUT2D eigenvalue weighted by atomic mass is 9.86. The maximum absolute atomic E-state index is 13.7. The number of anilines is 1. The second-order valence-corrected chi connectivity index (χ2v) is 12.5. The standard InChI is InChI=1S/C31H38N6O4S/c1-18-16-22(41-21-9-5-4-6-10-21)11-12-23(18)37-24-13-14-33-29-25(24)26(35-31(37)40)27(42-29)28(38)34-20-8-7-15-36(17-20)30(39)19(2)32-3/h4-6,9-12,16,19-20,24-25,29,32-33H,7-8,13-15,17H2,1-3H3,(H,34,38)(H,35,40)/t19-,20-,24?,25?,29?/m1/s1. The van der Waals surface area contributed by atoms with Gasteiger partial charge in [0.15, 0.2) is 0 Å². The van der Waals surface area contributed by atoms with E-state index in [1.807, 2.05) is 72.2 Å². The van der Waals surface area contributed by atoms with E-state index in [2.05, 4.69) is 21.3 Å². The van der Waals surface area contributed by atoms with Gasteiger partial charge in [-0.1, -0.05) is 30.0 Å². The smallest absolute Gasteiger partial charge is 0.326 e. The van der Waals surface area contributed by atoms with E-state index in [-0.39, 0.29) is 47.3 Å². The molecule has 3 saturated heterocycles. The molecule has 4 amide bonds. The lowest BCUT2D eigenvalue weighted by Gasteiger charge is -2.46. The number of carbonyl (C=O) groups is 3. The van der Waals surface area contributed by atoms with Crippen molar-refractivity contribution in [1.29, 1.82) is 0 Å². The number of urea groups is 1.